The summed E-state index contributed by atoms with van der Waals surface area (Å²) < 4.78 is 5.02. The molecular formula is C26H46O5S. The fourth-order valence-electron chi connectivity index (χ4n) is 4.46. The quantitative estimate of drug-likeness (QED) is 0.135. The first-order valence-electron chi connectivity index (χ1n) is 12.9. The van der Waals surface area contributed by atoms with E-state index in [0.717, 1.165) is 19.3 Å². The number of carboxylic acid groups (broad SMARTS) is 1. The Balaban J connectivity index is 2.37. The molecule has 32 heavy (non-hydrogen) atoms. The Morgan fingerprint density at radius 2 is 1.59 bits per heavy atom. The van der Waals surface area contributed by atoms with Crippen molar-refractivity contribution in [1.82, 2.24) is 0 Å². The zero-order valence-electron chi connectivity index (χ0n) is 20.4. The van der Waals surface area contributed by atoms with E-state index >= 15 is 0 Å². The molecule has 2 unspecified atom stereocenters. The van der Waals surface area contributed by atoms with E-state index in [1.807, 2.05) is 0 Å². The highest BCUT2D eigenvalue weighted by atomic mass is 32.2. The number of aliphatic carboxylic acids is 1. The van der Waals surface area contributed by atoms with E-state index < -0.39 is 12.1 Å². The van der Waals surface area contributed by atoms with Gasteiger partial charge in [0.2, 0.25) is 0 Å². The number of esters is 1. The lowest BCUT2D eigenvalue weighted by Crippen LogP contribution is -2.39. The number of aliphatic hydroxyl groups excluding tert-OH is 1. The van der Waals surface area contributed by atoms with Gasteiger partial charge in [0.1, 0.15) is 0 Å². The average Bonchev–Trinajstić information content (AvgIpc) is 2.75. The van der Waals surface area contributed by atoms with Gasteiger partial charge >= 0.3 is 11.9 Å². The van der Waals surface area contributed by atoms with Crippen molar-refractivity contribution in [3.63, 3.8) is 0 Å². The second kappa shape index (κ2) is 18.4. The molecule has 1 saturated carbocycles. The highest BCUT2D eigenvalue weighted by Gasteiger charge is 2.36. The monoisotopic (exact) mass is 470 g/mol. The molecule has 0 heterocycles. The maximum atomic E-state index is 11.8. The minimum atomic E-state index is -0.878. The lowest BCUT2D eigenvalue weighted by atomic mass is 9.80. The molecule has 6 heteroatoms. The highest BCUT2D eigenvalue weighted by molar-refractivity contribution is 8.00. The van der Waals surface area contributed by atoms with Gasteiger partial charge in [-0.05, 0) is 38.5 Å². The largest absolute Gasteiger partial charge is 0.481 e. The van der Waals surface area contributed by atoms with Crippen LogP contribution in [0.15, 0.2) is 11.6 Å². The Kier molecular flexibility index (Phi) is 16.7. The number of carboxylic acids is 1. The molecule has 2 N–H and O–H groups in total. The molecule has 0 radical (unpaired) electrons. The first kappa shape index (κ1) is 29.0. The van der Waals surface area contributed by atoms with Gasteiger partial charge in [-0.3, -0.25) is 9.59 Å². The number of aliphatic hydroxyl groups is 1. The van der Waals surface area contributed by atoms with Crippen LogP contribution in [0.2, 0.25) is 0 Å². The van der Waals surface area contributed by atoms with E-state index in [1.165, 1.54) is 81.5 Å². The molecule has 1 aliphatic carbocycles. The van der Waals surface area contributed by atoms with Crippen LogP contribution in [-0.2, 0) is 14.3 Å². The van der Waals surface area contributed by atoms with Crippen LogP contribution < -0.4 is 0 Å². The Morgan fingerprint density at radius 1 is 1.00 bits per heavy atom. The van der Waals surface area contributed by atoms with Gasteiger partial charge in [0.05, 0.1) is 30.1 Å². The average molecular weight is 471 g/mol. The van der Waals surface area contributed by atoms with Crippen LogP contribution in [0.4, 0.5) is 0 Å². The molecule has 1 aliphatic rings. The number of hydrogen-bond donors (Lipinski definition) is 2. The van der Waals surface area contributed by atoms with Gasteiger partial charge in [0.25, 0.3) is 0 Å². The first-order chi connectivity index (χ1) is 15.5. The molecule has 0 amide bonds. The molecule has 0 bridgehead atoms. The molecule has 0 aliphatic heterocycles. The number of unbranched alkanes of at least 4 members (excludes halogenated alkanes) is 11. The molecule has 1 rings (SSSR count). The number of ether oxygens (including phenoxy) is 1. The fourth-order valence-corrected chi connectivity index (χ4v) is 5.71. The minimum absolute atomic E-state index is 0.0243. The normalized spacial score (nSPS) is 22.2. The predicted molar refractivity (Wildman–Crippen MR) is 133 cm³/mol. The summed E-state index contributed by atoms with van der Waals surface area (Å²) in [5, 5.41) is 19.7. The van der Waals surface area contributed by atoms with Crippen molar-refractivity contribution in [1.29, 1.82) is 0 Å². The van der Waals surface area contributed by atoms with Gasteiger partial charge < -0.3 is 14.9 Å². The maximum absolute atomic E-state index is 11.8. The molecule has 186 valence electrons. The number of carbonyl (C=O) groups is 2. The SMILES string of the molecule is CCCCCCCCCCCCCC=C1CCC(CC(=O)O)C(O)[C@H]1SCC(=O)OCC. The van der Waals surface area contributed by atoms with Crippen molar-refractivity contribution in [3.05, 3.63) is 11.6 Å². The minimum Gasteiger partial charge on any atom is -0.481 e. The van der Waals surface area contributed by atoms with E-state index in [0.29, 0.717) is 13.0 Å². The third-order valence-electron chi connectivity index (χ3n) is 6.30. The van der Waals surface area contributed by atoms with Crippen LogP contribution in [0.5, 0.6) is 0 Å². The van der Waals surface area contributed by atoms with Gasteiger partial charge in [-0.2, -0.15) is 0 Å². The van der Waals surface area contributed by atoms with E-state index in [9.17, 15) is 14.7 Å². The van der Waals surface area contributed by atoms with E-state index in [-0.39, 0.29) is 29.3 Å². The molecule has 1 fully saturated rings. The van der Waals surface area contributed by atoms with E-state index in [4.69, 9.17) is 9.84 Å². The number of rotatable bonds is 18. The zero-order valence-corrected chi connectivity index (χ0v) is 21.2. The second-order valence-corrected chi connectivity index (χ2v) is 10.2. The summed E-state index contributed by atoms with van der Waals surface area (Å²) in [5.41, 5.74) is 1.17. The van der Waals surface area contributed by atoms with Crippen molar-refractivity contribution >= 4 is 23.7 Å². The molecule has 5 nitrogen and oxygen atoms in total. The molecule has 0 saturated heterocycles. The van der Waals surface area contributed by atoms with Crippen LogP contribution in [0.1, 0.15) is 110 Å². The predicted octanol–water partition coefficient (Wildman–Crippen LogP) is 6.52. The summed E-state index contributed by atoms with van der Waals surface area (Å²) in [6.07, 6.45) is 18.4. The molecule has 0 aromatic carbocycles. The summed E-state index contributed by atoms with van der Waals surface area (Å²) >= 11 is 1.39. The van der Waals surface area contributed by atoms with Crippen molar-refractivity contribution < 1.29 is 24.5 Å². The third-order valence-corrected chi connectivity index (χ3v) is 7.64. The van der Waals surface area contributed by atoms with Gasteiger partial charge in [-0.15, -0.1) is 11.8 Å². The Labute approximate surface area is 199 Å². The van der Waals surface area contributed by atoms with Gasteiger partial charge in [0.15, 0.2) is 0 Å². The summed E-state index contributed by atoms with van der Waals surface area (Å²) in [6.45, 7) is 4.38. The van der Waals surface area contributed by atoms with Crippen molar-refractivity contribution in [2.24, 2.45) is 5.92 Å². The van der Waals surface area contributed by atoms with Crippen molar-refractivity contribution in [3.8, 4) is 0 Å². The second-order valence-electron chi connectivity index (χ2n) is 9.03. The van der Waals surface area contributed by atoms with Crippen LogP contribution in [0, 0.1) is 5.92 Å². The topological polar surface area (TPSA) is 83.8 Å². The third kappa shape index (κ3) is 12.9. The van der Waals surface area contributed by atoms with Crippen LogP contribution >= 0.6 is 11.8 Å². The molecule has 0 aromatic rings. The van der Waals surface area contributed by atoms with Gasteiger partial charge in [0, 0.05) is 0 Å². The van der Waals surface area contributed by atoms with Crippen molar-refractivity contribution in [2.75, 3.05) is 12.4 Å². The van der Waals surface area contributed by atoms with Gasteiger partial charge in [-0.25, -0.2) is 0 Å². The number of hydrogen-bond acceptors (Lipinski definition) is 5. The van der Waals surface area contributed by atoms with E-state index in [1.54, 1.807) is 6.92 Å². The van der Waals surface area contributed by atoms with Crippen LogP contribution in [0.25, 0.3) is 0 Å². The summed E-state index contributed by atoms with van der Waals surface area (Å²) in [4.78, 5) is 22.9. The zero-order chi connectivity index (χ0) is 23.6. The Morgan fingerprint density at radius 3 is 2.16 bits per heavy atom. The highest BCUT2D eigenvalue weighted by Crippen LogP contribution is 2.38. The fraction of sp³-hybridized carbons (Fsp3) is 0.846. The Hall–Kier alpha value is -1.01. The molecule has 0 aromatic heterocycles. The van der Waals surface area contributed by atoms with Gasteiger partial charge in [-0.1, -0.05) is 82.8 Å². The summed E-state index contributed by atoms with van der Waals surface area (Å²) in [7, 11) is 0. The first-order valence-corrected chi connectivity index (χ1v) is 13.9. The Bertz CT molecular complexity index is 548. The number of carbonyl (C=O) groups excluding carboxylic acids is 1. The smallest absolute Gasteiger partial charge is 0.315 e. The number of thioether (sulfide) groups is 1. The lowest BCUT2D eigenvalue weighted by molar-refractivity contribution is -0.140. The standard InChI is InChI=1S/C26H46O5S/c1-3-5-6-7-8-9-10-11-12-13-14-15-16-21-17-18-22(19-23(27)28)25(30)26(21)32-20-24(29)31-4-2/h16,22,25-26,30H,3-15,17-20H2,1-2H3,(H,27,28)/t22?,25?,26-/m0/s1. The molecular weight excluding hydrogens is 424 g/mol. The summed E-state index contributed by atoms with van der Waals surface area (Å²) in [5.74, 6) is -1.23. The number of allylic oxidation sites excluding steroid dienone is 1. The summed E-state index contributed by atoms with van der Waals surface area (Å²) in [6, 6.07) is 0. The lowest BCUT2D eigenvalue weighted by Gasteiger charge is -2.36. The van der Waals surface area contributed by atoms with E-state index in [2.05, 4.69) is 13.0 Å². The van der Waals surface area contributed by atoms with Crippen molar-refractivity contribution in [2.45, 2.75) is 122 Å². The molecule has 3 atom stereocenters. The van der Waals surface area contributed by atoms with Crippen LogP contribution in [-0.4, -0.2) is 45.9 Å². The van der Waals surface area contributed by atoms with Crippen LogP contribution in [0.3, 0.4) is 0 Å². The molecule has 0 spiro atoms. The maximum Gasteiger partial charge on any atom is 0.315 e.